The molecule has 0 radical (unpaired) electrons. The van der Waals surface area contributed by atoms with E-state index in [1.807, 2.05) is 48.7 Å². The van der Waals surface area contributed by atoms with E-state index in [9.17, 15) is 14.5 Å². The molecule has 4 aromatic rings. The molecule has 0 aliphatic rings. The highest BCUT2D eigenvalue weighted by Gasteiger charge is 2.25. The molecule has 4 rings (SSSR count). The number of ether oxygens (including phenoxy) is 2. The Balaban J connectivity index is 1.62. The number of thioether (sulfide) groups is 1. The number of aryl methyl sites for hydroxylation is 1. The quantitative estimate of drug-likeness (QED) is 0.144. The van der Waals surface area contributed by atoms with Gasteiger partial charge in [-0.2, -0.15) is 0 Å². The Morgan fingerprint density at radius 2 is 1.78 bits per heavy atom. The van der Waals surface area contributed by atoms with Gasteiger partial charge in [0, 0.05) is 16.2 Å². The Kier molecular flexibility index (Phi) is 8.17. The van der Waals surface area contributed by atoms with E-state index in [2.05, 4.69) is 10.2 Å². The van der Waals surface area contributed by atoms with Gasteiger partial charge in [-0.25, -0.2) is 4.39 Å². The first-order valence-corrected chi connectivity index (χ1v) is 12.2. The minimum atomic E-state index is -0.564. The molecule has 186 valence electrons. The number of hydrogen-bond donors (Lipinski definition) is 0. The lowest BCUT2D eigenvalue weighted by molar-refractivity contribution is -0.479. The van der Waals surface area contributed by atoms with Gasteiger partial charge in [0.1, 0.15) is 23.5 Å². The third kappa shape index (κ3) is 6.01. The van der Waals surface area contributed by atoms with Gasteiger partial charge in [-0.1, -0.05) is 54.2 Å². The first kappa shape index (κ1) is 25.2. The van der Waals surface area contributed by atoms with E-state index in [1.165, 1.54) is 17.8 Å². The van der Waals surface area contributed by atoms with Crippen molar-refractivity contribution in [3.8, 4) is 17.2 Å². The van der Waals surface area contributed by atoms with Crippen LogP contribution in [-0.4, -0.2) is 32.8 Å². The molecule has 0 fully saturated rings. The molecule has 0 saturated carbocycles. The average molecular weight is 509 g/mol. The lowest BCUT2D eigenvalue weighted by Crippen LogP contribution is -2.12. The number of rotatable bonds is 11. The monoisotopic (exact) mass is 508 g/mol. The highest BCUT2D eigenvalue weighted by molar-refractivity contribution is 7.99. The molecule has 0 saturated heterocycles. The molecule has 1 heterocycles. The molecule has 1 aromatic heterocycles. The molecule has 8 nitrogen and oxygen atoms in total. The summed E-state index contributed by atoms with van der Waals surface area (Å²) in [6, 6.07) is 21.2. The minimum Gasteiger partial charge on any atom is -0.490 e. The fourth-order valence-corrected chi connectivity index (χ4v) is 4.81. The molecular formula is C26H25FN4O4S. The van der Waals surface area contributed by atoms with Crippen LogP contribution in [0.1, 0.15) is 29.1 Å². The van der Waals surface area contributed by atoms with Crippen LogP contribution in [-0.2, 0) is 6.61 Å². The van der Waals surface area contributed by atoms with Crippen LogP contribution in [0.3, 0.4) is 0 Å². The zero-order chi connectivity index (χ0) is 25.5. The maximum atomic E-state index is 14.0. The van der Waals surface area contributed by atoms with Gasteiger partial charge in [-0.3, -0.25) is 14.7 Å². The Labute approximate surface area is 212 Å². The van der Waals surface area contributed by atoms with Crippen molar-refractivity contribution in [1.29, 1.82) is 0 Å². The summed E-state index contributed by atoms with van der Waals surface area (Å²) < 4.78 is 27.5. The van der Waals surface area contributed by atoms with Gasteiger partial charge in [-0.05, 0) is 49.7 Å². The smallest absolute Gasteiger partial charge is 0.220 e. The number of para-hydroxylation sites is 1. The molecule has 0 aliphatic heterocycles. The van der Waals surface area contributed by atoms with E-state index < -0.39 is 5.25 Å². The number of nitro groups is 1. The maximum Gasteiger partial charge on any atom is 0.220 e. The van der Waals surface area contributed by atoms with Crippen LogP contribution in [0.5, 0.6) is 11.5 Å². The second-order valence-corrected chi connectivity index (χ2v) is 9.01. The van der Waals surface area contributed by atoms with Crippen molar-refractivity contribution >= 4 is 11.8 Å². The van der Waals surface area contributed by atoms with Crippen LogP contribution in [0.25, 0.3) is 5.69 Å². The first-order chi connectivity index (χ1) is 17.5. The third-order valence-electron chi connectivity index (χ3n) is 5.35. The normalized spacial score (nSPS) is 11.8. The highest BCUT2D eigenvalue weighted by atomic mass is 32.2. The number of hydrogen-bond acceptors (Lipinski definition) is 7. The highest BCUT2D eigenvalue weighted by Crippen LogP contribution is 2.39. The van der Waals surface area contributed by atoms with Gasteiger partial charge in [0.2, 0.25) is 6.54 Å². The van der Waals surface area contributed by atoms with E-state index >= 15 is 0 Å². The summed E-state index contributed by atoms with van der Waals surface area (Å²) in [7, 11) is 0. The van der Waals surface area contributed by atoms with Gasteiger partial charge in [0.15, 0.2) is 16.7 Å². The molecule has 0 unspecified atom stereocenters. The van der Waals surface area contributed by atoms with Crippen molar-refractivity contribution in [2.24, 2.45) is 0 Å². The molecule has 36 heavy (non-hydrogen) atoms. The predicted molar refractivity (Wildman–Crippen MR) is 135 cm³/mol. The fourth-order valence-electron chi connectivity index (χ4n) is 3.65. The number of benzene rings is 3. The van der Waals surface area contributed by atoms with E-state index in [1.54, 1.807) is 36.4 Å². The molecule has 0 bridgehead atoms. The molecule has 1 atom stereocenters. The third-order valence-corrected chi connectivity index (χ3v) is 6.53. The molecule has 0 aliphatic carbocycles. The van der Waals surface area contributed by atoms with Gasteiger partial charge < -0.3 is 9.47 Å². The molecule has 0 N–H and O–H groups in total. The fraction of sp³-hybridized carbons (Fsp3) is 0.231. The summed E-state index contributed by atoms with van der Waals surface area (Å²) in [5.74, 6) is 1.18. The van der Waals surface area contributed by atoms with Crippen molar-refractivity contribution in [2.45, 2.75) is 30.9 Å². The molecule has 3 aromatic carbocycles. The maximum absolute atomic E-state index is 14.0. The SMILES string of the molecule is CCOc1cc([C@@H](C[N+](=O)[O-])Sc2nnc(C)n2-c2ccccc2)ccc1OCc1ccccc1F. The van der Waals surface area contributed by atoms with Gasteiger partial charge >= 0.3 is 0 Å². The van der Waals surface area contributed by atoms with Crippen LogP contribution >= 0.6 is 11.8 Å². The number of halogens is 1. The standard InChI is InChI=1S/C26H25FN4O4S/c1-3-34-24-15-19(13-14-23(24)35-17-20-9-7-8-12-22(20)27)25(16-30(32)33)36-26-29-28-18(2)31(26)21-10-5-4-6-11-21/h4-15,25H,3,16-17H2,1-2H3/t25-/m1/s1. The average Bonchev–Trinajstić information content (AvgIpc) is 3.24. The van der Waals surface area contributed by atoms with Crippen molar-refractivity contribution in [3.63, 3.8) is 0 Å². The van der Waals surface area contributed by atoms with Crippen LogP contribution in [0.2, 0.25) is 0 Å². The molecular weight excluding hydrogens is 483 g/mol. The topological polar surface area (TPSA) is 92.3 Å². The van der Waals surface area contributed by atoms with Crippen molar-refractivity contribution in [3.05, 3.63) is 106 Å². The number of aromatic nitrogens is 3. The Morgan fingerprint density at radius 3 is 2.50 bits per heavy atom. The molecule has 10 heteroatoms. The van der Waals surface area contributed by atoms with Gasteiger partial charge in [-0.15, -0.1) is 10.2 Å². The zero-order valence-electron chi connectivity index (χ0n) is 19.8. The van der Waals surface area contributed by atoms with Crippen LogP contribution < -0.4 is 9.47 Å². The Bertz CT molecular complexity index is 1330. The first-order valence-electron chi connectivity index (χ1n) is 11.3. The molecule has 0 spiro atoms. The van der Waals surface area contributed by atoms with Crippen LogP contribution in [0.4, 0.5) is 4.39 Å². The van der Waals surface area contributed by atoms with Crippen LogP contribution in [0.15, 0.2) is 78.0 Å². The summed E-state index contributed by atoms with van der Waals surface area (Å²) in [6.07, 6.45) is 0. The van der Waals surface area contributed by atoms with E-state index in [-0.39, 0.29) is 23.9 Å². The van der Waals surface area contributed by atoms with Crippen LogP contribution in [0, 0.1) is 22.9 Å². The Hall–Kier alpha value is -3.92. The van der Waals surface area contributed by atoms with Gasteiger partial charge in [0.25, 0.3) is 0 Å². The lowest BCUT2D eigenvalue weighted by Gasteiger charge is -2.17. The van der Waals surface area contributed by atoms with Crippen molar-refractivity contribution < 1.29 is 18.8 Å². The number of nitrogens with zero attached hydrogens (tertiary/aromatic N) is 4. The summed E-state index contributed by atoms with van der Waals surface area (Å²) in [6.45, 7) is 3.74. The van der Waals surface area contributed by atoms with E-state index in [4.69, 9.17) is 9.47 Å². The van der Waals surface area contributed by atoms with E-state index in [0.29, 0.717) is 40.2 Å². The largest absolute Gasteiger partial charge is 0.490 e. The lowest BCUT2D eigenvalue weighted by atomic mass is 10.1. The summed E-state index contributed by atoms with van der Waals surface area (Å²) in [5, 5.41) is 20.0. The van der Waals surface area contributed by atoms with Crippen molar-refractivity contribution in [2.75, 3.05) is 13.2 Å². The Morgan fingerprint density at radius 1 is 1.03 bits per heavy atom. The van der Waals surface area contributed by atoms with Crippen molar-refractivity contribution in [1.82, 2.24) is 14.8 Å². The summed E-state index contributed by atoms with van der Waals surface area (Å²) in [5.41, 5.74) is 1.97. The van der Waals surface area contributed by atoms with Gasteiger partial charge in [0.05, 0.1) is 6.61 Å². The minimum absolute atomic E-state index is 0.0264. The van der Waals surface area contributed by atoms with E-state index in [0.717, 1.165) is 5.69 Å². The summed E-state index contributed by atoms with van der Waals surface area (Å²) in [4.78, 5) is 11.2. The molecule has 0 amide bonds. The zero-order valence-corrected chi connectivity index (χ0v) is 20.7. The predicted octanol–water partition coefficient (Wildman–Crippen LogP) is 5.80. The summed E-state index contributed by atoms with van der Waals surface area (Å²) >= 11 is 1.26. The second kappa shape index (κ2) is 11.7. The second-order valence-electron chi connectivity index (χ2n) is 7.84.